The van der Waals surface area contributed by atoms with E-state index in [1.165, 1.54) is 19.4 Å². The fourth-order valence-corrected chi connectivity index (χ4v) is 1.61. The van der Waals surface area contributed by atoms with Crippen molar-refractivity contribution in [2.45, 2.75) is 6.92 Å². The first-order valence-corrected chi connectivity index (χ1v) is 5.88. The third kappa shape index (κ3) is 2.85. The lowest BCUT2D eigenvalue weighted by Gasteiger charge is -2.08. The molecule has 20 heavy (non-hydrogen) atoms. The molecule has 0 radical (unpaired) electrons. The van der Waals surface area contributed by atoms with E-state index in [2.05, 4.69) is 10.3 Å². The Balaban J connectivity index is 2.19. The number of ether oxygens (including phenoxy) is 1. The molecule has 0 atom stereocenters. The highest BCUT2D eigenvalue weighted by Gasteiger charge is 2.11. The van der Waals surface area contributed by atoms with E-state index in [0.29, 0.717) is 17.1 Å². The number of nitrogens with zero attached hydrogens (tertiary/aromatic N) is 1. The van der Waals surface area contributed by atoms with Gasteiger partial charge in [0.15, 0.2) is 0 Å². The minimum Gasteiger partial charge on any atom is -0.481 e. The molecular weight excluding hydrogens is 261 g/mol. The number of hydrogen-bond donors (Lipinski definition) is 2. The quantitative estimate of drug-likeness (QED) is 0.843. The van der Waals surface area contributed by atoms with Crippen LogP contribution in [0.2, 0.25) is 0 Å². The number of carbonyl (C=O) groups is 1. The Morgan fingerprint density at radius 1 is 1.40 bits per heavy atom. The Morgan fingerprint density at radius 3 is 2.70 bits per heavy atom. The average Bonchev–Trinajstić information content (AvgIpc) is 2.45. The molecule has 0 unspecified atom stereocenters. The molecule has 1 amide bonds. The Hall–Kier alpha value is -2.63. The van der Waals surface area contributed by atoms with Gasteiger partial charge in [-0.05, 0) is 25.1 Å². The normalized spacial score (nSPS) is 10.2. The van der Waals surface area contributed by atoms with Crippen molar-refractivity contribution in [3.63, 3.8) is 0 Å². The lowest BCUT2D eigenvalue weighted by atomic mass is 10.1. The maximum Gasteiger partial charge on any atom is 0.255 e. The molecular formula is C14H14FN3O2. The molecule has 0 saturated heterocycles. The predicted octanol–water partition coefficient (Wildman–Crippen LogP) is 2.37. The molecule has 1 aromatic heterocycles. The molecule has 6 heteroatoms. The fourth-order valence-electron chi connectivity index (χ4n) is 1.61. The van der Waals surface area contributed by atoms with Gasteiger partial charge < -0.3 is 15.8 Å². The smallest absolute Gasteiger partial charge is 0.255 e. The van der Waals surface area contributed by atoms with Gasteiger partial charge in [0, 0.05) is 22.9 Å². The molecule has 0 aliphatic heterocycles. The first-order chi connectivity index (χ1) is 9.51. The van der Waals surface area contributed by atoms with E-state index >= 15 is 0 Å². The van der Waals surface area contributed by atoms with Gasteiger partial charge in [-0.15, -0.1) is 0 Å². The summed E-state index contributed by atoms with van der Waals surface area (Å²) in [6.45, 7) is 1.56. The third-order valence-electron chi connectivity index (χ3n) is 2.85. The molecule has 1 aromatic carbocycles. The summed E-state index contributed by atoms with van der Waals surface area (Å²) in [5.41, 5.74) is 6.84. The molecule has 0 saturated carbocycles. The van der Waals surface area contributed by atoms with Crippen LogP contribution in [0.1, 0.15) is 15.9 Å². The fraction of sp³-hybridized carbons (Fsp3) is 0.143. The largest absolute Gasteiger partial charge is 0.481 e. The van der Waals surface area contributed by atoms with Gasteiger partial charge in [0.25, 0.3) is 5.91 Å². The van der Waals surface area contributed by atoms with E-state index < -0.39 is 11.7 Å². The van der Waals surface area contributed by atoms with Crippen LogP contribution in [0.3, 0.4) is 0 Å². The Morgan fingerprint density at radius 2 is 2.15 bits per heavy atom. The van der Waals surface area contributed by atoms with Crippen LogP contribution in [0.5, 0.6) is 5.88 Å². The molecule has 104 valence electrons. The van der Waals surface area contributed by atoms with Crippen LogP contribution in [-0.4, -0.2) is 18.0 Å². The minimum absolute atomic E-state index is 0.154. The number of nitrogens with two attached hydrogens (primary N) is 1. The first kappa shape index (κ1) is 13.8. The molecule has 0 bridgehead atoms. The molecule has 0 fully saturated rings. The number of halogens is 1. The van der Waals surface area contributed by atoms with Gasteiger partial charge >= 0.3 is 0 Å². The van der Waals surface area contributed by atoms with Gasteiger partial charge in [-0.1, -0.05) is 0 Å². The number of pyridine rings is 1. The molecule has 2 aromatic rings. The van der Waals surface area contributed by atoms with Crippen molar-refractivity contribution in [2.24, 2.45) is 0 Å². The average molecular weight is 275 g/mol. The second-order valence-electron chi connectivity index (χ2n) is 4.22. The van der Waals surface area contributed by atoms with Crippen LogP contribution < -0.4 is 15.8 Å². The molecule has 5 nitrogen and oxygen atoms in total. The lowest BCUT2D eigenvalue weighted by Crippen LogP contribution is -2.13. The van der Waals surface area contributed by atoms with Crippen LogP contribution >= 0.6 is 0 Å². The molecule has 0 spiro atoms. The van der Waals surface area contributed by atoms with Crippen LogP contribution in [-0.2, 0) is 0 Å². The van der Waals surface area contributed by atoms with Crippen LogP contribution in [0.4, 0.5) is 15.8 Å². The highest BCUT2D eigenvalue weighted by molar-refractivity contribution is 6.04. The van der Waals surface area contributed by atoms with Crippen LogP contribution in [0.25, 0.3) is 0 Å². The molecule has 2 rings (SSSR count). The number of anilines is 2. The second-order valence-corrected chi connectivity index (χ2v) is 4.22. The zero-order valence-electron chi connectivity index (χ0n) is 11.1. The van der Waals surface area contributed by atoms with Gasteiger partial charge in [-0.3, -0.25) is 4.79 Å². The Labute approximate surface area is 115 Å². The second kappa shape index (κ2) is 5.56. The standard InChI is InChI=1S/C14H14FN3O2/c1-8-11(15)5-9(6-12(8)16)14(19)18-10-3-4-13(20-2)17-7-10/h3-7H,16H2,1-2H3,(H,18,19). The summed E-state index contributed by atoms with van der Waals surface area (Å²) in [5.74, 6) is -0.529. The number of rotatable bonds is 3. The molecule has 3 N–H and O–H groups in total. The summed E-state index contributed by atoms with van der Waals surface area (Å²) in [5, 5.41) is 2.60. The number of nitrogens with one attached hydrogen (secondary N) is 1. The third-order valence-corrected chi connectivity index (χ3v) is 2.85. The highest BCUT2D eigenvalue weighted by Crippen LogP contribution is 2.19. The van der Waals surface area contributed by atoms with Gasteiger partial charge in [-0.2, -0.15) is 0 Å². The van der Waals surface area contributed by atoms with E-state index in [1.807, 2.05) is 0 Å². The van der Waals surface area contributed by atoms with Gasteiger partial charge in [0.1, 0.15) is 5.82 Å². The van der Waals surface area contributed by atoms with Crippen molar-refractivity contribution in [1.29, 1.82) is 0 Å². The monoisotopic (exact) mass is 275 g/mol. The SMILES string of the molecule is COc1ccc(NC(=O)c2cc(N)c(C)c(F)c2)cn1. The highest BCUT2D eigenvalue weighted by atomic mass is 19.1. The zero-order valence-corrected chi connectivity index (χ0v) is 11.1. The van der Waals surface area contributed by atoms with Crippen molar-refractivity contribution in [1.82, 2.24) is 4.98 Å². The minimum atomic E-state index is -0.511. The van der Waals surface area contributed by atoms with E-state index in [4.69, 9.17) is 10.5 Å². The van der Waals surface area contributed by atoms with Crippen LogP contribution in [0, 0.1) is 12.7 Å². The number of carbonyl (C=O) groups excluding carboxylic acids is 1. The first-order valence-electron chi connectivity index (χ1n) is 5.88. The summed E-state index contributed by atoms with van der Waals surface area (Å²) in [7, 11) is 1.50. The summed E-state index contributed by atoms with van der Waals surface area (Å²) in [6.07, 6.45) is 1.45. The number of methoxy groups -OCH3 is 1. The number of hydrogen-bond acceptors (Lipinski definition) is 4. The number of amides is 1. The molecule has 0 aliphatic carbocycles. The summed E-state index contributed by atoms with van der Waals surface area (Å²) in [4.78, 5) is 15.9. The van der Waals surface area contributed by atoms with E-state index in [-0.39, 0.29) is 11.3 Å². The van der Waals surface area contributed by atoms with Crippen molar-refractivity contribution in [3.05, 3.63) is 47.4 Å². The van der Waals surface area contributed by atoms with E-state index in [1.54, 1.807) is 19.1 Å². The Kier molecular flexibility index (Phi) is 3.84. The van der Waals surface area contributed by atoms with Crippen molar-refractivity contribution < 1.29 is 13.9 Å². The Bertz CT molecular complexity index is 618. The zero-order chi connectivity index (χ0) is 14.7. The maximum absolute atomic E-state index is 13.5. The predicted molar refractivity (Wildman–Crippen MR) is 74.3 cm³/mol. The number of aromatic nitrogens is 1. The van der Waals surface area contributed by atoms with Crippen molar-refractivity contribution in [3.8, 4) is 5.88 Å². The number of nitrogen functional groups attached to an aromatic ring is 1. The number of benzene rings is 1. The van der Waals surface area contributed by atoms with Crippen LogP contribution in [0.15, 0.2) is 30.5 Å². The maximum atomic E-state index is 13.5. The lowest BCUT2D eigenvalue weighted by molar-refractivity contribution is 0.102. The van der Waals surface area contributed by atoms with Gasteiger partial charge in [0.2, 0.25) is 5.88 Å². The molecule has 1 heterocycles. The van der Waals surface area contributed by atoms with E-state index in [9.17, 15) is 9.18 Å². The molecule has 0 aliphatic rings. The van der Waals surface area contributed by atoms with Gasteiger partial charge in [0.05, 0.1) is 19.0 Å². The summed E-state index contributed by atoms with van der Waals surface area (Å²) in [6, 6.07) is 5.83. The topological polar surface area (TPSA) is 77.2 Å². The van der Waals surface area contributed by atoms with E-state index in [0.717, 1.165) is 6.07 Å². The van der Waals surface area contributed by atoms with Crippen molar-refractivity contribution >= 4 is 17.3 Å². The van der Waals surface area contributed by atoms with Gasteiger partial charge in [-0.25, -0.2) is 9.37 Å². The summed E-state index contributed by atoms with van der Waals surface area (Å²) < 4.78 is 18.5. The summed E-state index contributed by atoms with van der Waals surface area (Å²) >= 11 is 0. The van der Waals surface area contributed by atoms with Crippen molar-refractivity contribution in [2.75, 3.05) is 18.2 Å².